The van der Waals surface area contributed by atoms with Crippen molar-refractivity contribution in [1.29, 1.82) is 0 Å². The van der Waals surface area contributed by atoms with Gasteiger partial charge in [0.15, 0.2) is 0 Å². The van der Waals surface area contributed by atoms with E-state index in [1.54, 1.807) is 0 Å². The molecule has 0 radical (unpaired) electrons. The number of nitrogens with two attached hydrogens (primary N) is 1. The topological polar surface area (TPSA) is 35.2 Å². The van der Waals surface area contributed by atoms with Crippen LogP contribution in [-0.4, -0.2) is 19.3 Å². The zero-order valence-corrected chi connectivity index (χ0v) is 7.38. The zero-order chi connectivity index (χ0) is 8.10. The molecular formula is C9H19NO. The summed E-state index contributed by atoms with van der Waals surface area (Å²) in [6.45, 7) is 3.96. The van der Waals surface area contributed by atoms with Crippen LogP contribution in [0.1, 0.15) is 32.6 Å². The molecule has 2 nitrogen and oxygen atoms in total. The van der Waals surface area contributed by atoms with Gasteiger partial charge in [-0.3, -0.25) is 0 Å². The molecule has 0 bridgehead atoms. The van der Waals surface area contributed by atoms with Crippen LogP contribution < -0.4 is 5.73 Å². The molecule has 0 aromatic carbocycles. The molecule has 0 aromatic heterocycles. The van der Waals surface area contributed by atoms with E-state index in [4.69, 9.17) is 10.5 Å². The molecule has 0 aliphatic carbocycles. The zero-order valence-electron chi connectivity index (χ0n) is 7.38. The number of ether oxygens (including phenoxy) is 1. The average Bonchev–Trinajstić information content (AvgIpc) is 2.14. The van der Waals surface area contributed by atoms with Gasteiger partial charge in [-0.2, -0.15) is 0 Å². The fraction of sp³-hybridized carbons (Fsp3) is 1.00. The normalized spacial score (nSPS) is 29.5. The Labute approximate surface area is 69.1 Å². The van der Waals surface area contributed by atoms with Gasteiger partial charge in [0.05, 0.1) is 0 Å². The quantitative estimate of drug-likeness (QED) is 0.660. The first-order valence-electron chi connectivity index (χ1n) is 4.62. The van der Waals surface area contributed by atoms with Crippen LogP contribution >= 0.6 is 0 Å². The lowest BCUT2D eigenvalue weighted by atomic mass is 9.97. The van der Waals surface area contributed by atoms with Crippen molar-refractivity contribution in [3.05, 3.63) is 0 Å². The summed E-state index contributed by atoms with van der Waals surface area (Å²) in [6.07, 6.45) is 4.98. The summed E-state index contributed by atoms with van der Waals surface area (Å²) in [5.74, 6) is 0.720. The minimum atomic E-state index is 0.335. The Morgan fingerprint density at radius 2 is 2.36 bits per heavy atom. The molecule has 1 aliphatic rings. The minimum Gasteiger partial charge on any atom is -0.381 e. The van der Waals surface area contributed by atoms with Crippen LogP contribution in [0.15, 0.2) is 0 Å². The first kappa shape index (κ1) is 9.01. The molecule has 66 valence electrons. The average molecular weight is 157 g/mol. The smallest absolute Gasteiger partial charge is 0.0494 e. The van der Waals surface area contributed by atoms with Crippen LogP contribution in [0.5, 0.6) is 0 Å². The second-order valence-corrected chi connectivity index (χ2v) is 3.65. The van der Waals surface area contributed by atoms with Crippen molar-refractivity contribution in [3.63, 3.8) is 0 Å². The maximum atomic E-state index is 5.72. The highest BCUT2D eigenvalue weighted by Crippen LogP contribution is 2.18. The van der Waals surface area contributed by atoms with Crippen LogP contribution in [0.4, 0.5) is 0 Å². The number of hydrogen-bond acceptors (Lipinski definition) is 2. The van der Waals surface area contributed by atoms with Crippen molar-refractivity contribution >= 4 is 0 Å². The first-order valence-corrected chi connectivity index (χ1v) is 4.62. The van der Waals surface area contributed by atoms with E-state index in [1.807, 2.05) is 0 Å². The largest absolute Gasteiger partial charge is 0.381 e. The molecule has 0 spiro atoms. The highest BCUT2D eigenvalue weighted by atomic mass is 16.5. The van der Waals surface area contributed by atoms with E-state index in [2.05, 4.69) is 6.92 Å². The summed E-state index contributed by atoms with van der Waals surface area (Å²) in [6, 6.07) is 0.335. The first-order chi connectivity index (χ1) is 5.29. The third-order valence-corrected chi connectivity index (χ3v) is 2.21. The predicted molar refractivity (Wildman–Crippen MR) is 46.4 cm³/mol. The Balaban J connectivity index is 2.20. The van der Waals surface area contributed by atoms with Crippen molar-refractivity contribution in [1.82, 2.24) is 0 Å². The Hall–Kier alpha value is -0.0800. The lowest BCUT2D eigenvalue weighted by molar-refractivity contribution is 0.111. The van der Waals surface area contributed by atoms with Gasteiger partial charge < -0.3 is 10.5 Å². The van der Waals surface area contributed by atoms with Crippen molar-refractivity contribution in [3.8, 4) is 0 Å². The van der Waals surface area contributed by atoms with E-state index < -0.39 is 0 Å². The molecule has 1 aliphatic heterocycles. The molecule has 2 atom stereocenters. The van der Waals surface area contributed by atoms with E-state index in [-0.39, 0.29) is 0 Å². The Bertz CT molecular complexity index is 95.7. The van der Waals surface area contributed by atoms with Crippen LogP contribution in [0.2, 0.25) is 0 Å². The lowest BCUT2D eigenvalue weighted by Gasteiger charge is -2.15. The van der Waals surface area contributed by atoms with E-state index in [0.29, 0.717) is 6.04 Å². The highest BCUT2D eigenvalue weighted by molar-refractivity contribution is 4.66. The molecule has 0 amide bonds. The molecule has 1 fully saturated rings. The summed E-state index contributed by atoms with van der Waals surface area (Å²) in [5.41, 5.74) is 5.72. The van der Waals surface area contributed by atoms with Gasteiger partial charge >= 0.3 is 0 Å². The van der Waals surface area contributed by atoms with Crippen LogP contribution in [0, 0.1) is 5.92 Å². The van der Waals surface area contributed by atoms with E-state index >= 15 is 0 Å². The molecule has 0 saturated carbocycles. The second-order valence-electron chi connectivity index (χ2n) is 3.65. The molecule has 2 heteroatoms. The van der Waals surface area contributed by atoms with Crippen molar-refractivity contribution < 1.29 is 4.74 Å². The maximum Gasteiger partial charge on any atom is 0.0494 e. The van der Waals surface area contributed by atoms with Gasteiger partial charge in [-0.15, -0.1) is 0 Å². The number of rotatable bonds is 2. The standard InChI is InChI=1S/C9H19NO/c1-8(10)6-9-4-2-3-5-11-7-9/h8-9H,2-7,10H2,1H3/t8-,9+/m0/s1. The predicted octanol–water partition coefficient (Wildman–Crippen LogP) is 1.54. The van der Waals surface area contributed by atoms with Crippen molar-refractivity contribution in [2.75, 3.05) is 13.2 Å². The molecular weight excluding hydrogens is 138 g/mol. The second kappa shape index (κ2) is 4.73. The highest BCUT2D eigenvalue weighted by Gasteiger charge is 2.13. The molecule has 0 unspecified atom stereocenters. The molecule has 11 heavy (non-hydrogen) atoms. The fourth-order valence-electron chi connectivity index (χ4n) is 1.68. The van der Waals surface area contributed by atoms with Crippen molar-refractivity contribution in [2.45, 2.75) is 38.6 Å². The van der Waals surface area contributed by atoms with Gasteiger partial charge in [0.1, 0.15) is 0 Å². The monoisotopic (exact) mass is 157 g/mol. The van der Waals surface area contributed by atoms with E-state index in [1.165, 1.54) is 19.3 Å². The van der Waals surface area contributed by atoms with Gasteiger partial charge in [0, 0.05) is 19.3 Å². The SMILES string of the molecule is C[C@H](N)C[C@H]1CCCCOC1. The summed E-state index contributed by atoms with van der Waals surface area (Å²) in [4.78, 5) is 0. The lowest BCUT2D eigenvalue weighted by Crippen LogP contribution is -2.21. The van der Waals surface area contributed by atoms with Gasteiger partial charge in [-0.1, -0.05) is 6.42 Å². The number of hydrogen-bond donors (Lipinski definition) is 1. The van der Waals surface area contributed by atoms with Crippen LogP contribution in [0.25, 0.3) is 0 Å². The molecule has 0 aromatic rings. The molecule has 2 N–H and O–H groups in total. The minimum absolute atomic E-state index is 0.335. The van der Waals surface area contributed by atoms with Gasteiger partial charge in [-0.05, 0) is 32.1 Å². The summed E-state index contributed by atoms with van der Waals surface area (Å²) in [5, 5.41) is 0. The summed E-state index contributed by atoms with van der Waals surface area (Å²) in [7, 11) is 0. The Morgan fingerprint density at radius 1 is 1.55 bits per heavy atom. The van der Waals surface area contributed by atoms with Crippen LogP contribution in [0.3, 0.4) is 0 Å². The third-order valence-electron chi connectivity index (χ3n) is 2.21. The summed E-state index contributed by atoms with van der Waals surface area (Å²) < 4.78 is 5.45. The van der Waals surface area contributed by atoms with Gasteiger partial charge in [0.25, 0.3) is 0 Å². The van der Waals surface area contributed by atoms with Gasteiger partial charge in [0.2, 0.25) is 0 Å². The Morgan fingerprint density at radius 3 is 3.09 bits per heavy atom. The summed E-state index contributed by atoms with van der Waals surface area (Å²) >= 11 is 0. The van der Waals surface area contributed by atoms with Gasteiger partial charge in [-0.25, -0.2) is 0 Å². The van der Waals surface area contributed by atoms with Crippen molar-refractivity contribution in [2.24, 2.45) is 11.7 Å². The fourth-order valence-corrected chi connectivity index (χ4v) is 1.68. The third kappa shape index (κ3) is 3.73. The maximum absolute atomic E-state index is 5.72. The Kier molecular flexibility index (Phi) is 3.87. The molecule has 1 rings (SSSR count). The molecule has 1 saturated heterocycles. The van der Waals surface area contributed by atoms with Crippen LogP contribution in [-0.2, 0) is 4.74 Å². The van der Waals surface area contributed by atoms with E-state index in [9.17, 15) is 0 Å². The van der Waals surface area contributed by atoms with E-state index in [0.717, 1.165) is 25.6 Å². The molecule has 1 heterocycles.